The molecule has 0 radical (unpaired) electrons. The number of rotatable bonds is 3. The summed E-state index contributed by atoms with van der Waals surface area (Å²) in [6.45, 7) is 3.81. The minimum Gasteiger partial charge on any atom is -0.324 e. The maximum Gasteiger partial charge on any atom is 0.151 e. The highest BCUT2D eigenvalue weighted by Gasteiger charge is 2.13. The predicted octanol–water partition coefficient (Wildman–Crippen LogP) is 5.16. The quantitative estimate of drug-likeness (QED) is 0.541. The zero-order chi connectivity index (χ0) is 17.4. The number of hydrogen-bond acceptors (Lipinski definition) is 6. The molecule has 0 unspecified atom stereocenters. The number of aromatic nitrogens is 4. The average Bonchev–Trinajstić information content (AvgIpc) is 2.99. The molecule has 1 aromatic carbocycles. The van der Waals surface area contributed by atoms with E-state index in [0.717, 1.165) is 43.9 Å². The first kappa shape index (κ1) is 15.9. The Balaban J connectivity index is 1.79. The summed E-state index contributed by atoms with van der Waals surface area (Å²) in [4.78, 5) is 17.9. The van der Waals surface area contributed by atoms with E-state index in [2.05, 4.69) is 20.3 Å². The zero-order valence-electron chi connectivity index (χ0n) is 13.6. The first-order valence-corrected chi connectivity index (χ1v) is 8.89. The fourth-order valence-electron chi connectivity index (χ4n) is 2.60. The molecule has 0 aliphatic heterocycles. The van der Waals surface area contributed by atoms with Crippen LogP contribution in [0.1, 0.15) is 11.5 Å². The Morgan fingerprint density at radius 3 is 2.68 bits per heavy atom. The van der Waals surface area contributed by atoms with E-state index in [4.69, 9.17) is 16.6 Å². The lowest BCUT2D eigenvalue weighted by Crippen LogP contribution is -2.00. The molecule has 0 fully saturated rings. The molecule has 0 aliphatic carbocycles. The number of hydrogen-bond donors (Lipinski definition) is 1. The molecule has 0 saturated carbocycles. The Hall–Kier alpha value is -2.57. The number of nitrogens with one attached hydrogen (secondary N) is 1. The van der Waals surface area contributed by atoms with E-state index in [1.807, 2.05) is 50.2 Å². The van der Waals surface area contributed by atoms with Crippen molar-refractivity contribution >= 4 is 44.8 Å². The number of fused-ring (bicyclic) bond motifs is 1. The molecule has 0 atom stereocenters. The van der Waals surface area contributed by atoms with Crippen LogP contribution in [0.15, 0.2) is 42.6 Å². The lowest BCUT2D eigenvalue weighted by molar-refractivity contribution is 1.01. The van der Waals surface area contributed by atoms with Gasteiger partial charge in [-0.25, -0.2) is 19.9 Å². The molecule has 124 valence electrons. The van der Waals surface area contributed by atoms with Gasteiger partial charge < -0.3 is 5.32 Å². The van der Waals surface area contributed by atoms with Crippen molar-refractivity contribution in [3.05, 3.63) is 59.1 Å². The lowest BCUT2D eigenvalue weighted by atomic mass is 10.2. The molecule has 0 saturated heterocycles. The van der Waals surface area contributed by atoms with Crippen molar-refractivity contribution in [2.75, 3.05) is 5.32 Å². The summed E-state index contributed by atoms with van der Waals surface area (Å²) in [6.07, 6.45) is 1.74. The predicted molar refractivity (Wildman–Crippen MR) is 103 cm³/mol. The Kier molecular flexibility index (Phi) is 4.07. The first-order chi connectivity index (χ1) is 12.1. The molecule has 4 rings (SSSR count). The molecule has 0 aliphatic rings. The summed E-state index contributed by atoms with van der Waals surface area (Å²) in [5.74, 6) is 2.17. The molecule has 5 nitrogen and oxygen atoms in total. The smallest absolute Gasteiger partial charge is 0.151 e. The van der Waals surface area contributed by atoms with E-state index >= 15 is 0 Å². The third kappa shape index (κ3) is 3.18. The van der Waals surface area contributed by atoms with Crippen LogP contribution < -0.4 is 5.32 Å². The van der Waals surface area contributed by atoms with E-state index in [-0.39, 0.29) is 0 Å². The van der Waals surface area contributed by atoms with Crippen LogP contribution >= 0.6 is 22.9 Å². The minimum atomic E-state index is 0.686. The highest BCUT2D eigenvalue weighted by molar-refractivity contribution is 7.22. The summed E-state index contributed by atoms with van der Waals surface area (Å²) in [5.41, 5.74) is 2.70. The van der Waals surface area contributed by atoms with Crippen molar-refractivity contribution < 1.29 is 0 Å². The van der Waals surface area contributed by atoms with Gasteiger partial charge in [0.2, 0.25) is 0 Å². The third-order valence-corrected chi connectivity index (χ3v) is 5.06. The number of aryl methyl sites for hydroxylation is 2. The Morgan fingerprint density at radius 1 is 1.04 bits per heavy atom. The molecule has 0 bridgehead atoms. The van der Waals surface area contributed by atoms with Crippen LogP contribution in [0.4, 0.5) is 11.6 Å². The summed E-state index contributed by atoms with van der Waals surface area (Å²) in [5, 5.41) is 4.84. The van der Waals surface area contributed by atoms with Gasteiger partial charge in [0.05, 0.1) is 15.2 Å². The monoisotopic (exact) mass is 367 g/mol. The van der Waals surface area contributed by atoms with Crippen molar-refractivity contribution in [1.29, 1.82) is 0 Å². The molecule has 4 aromatic rings. The average molecular weight is 368 g/mol. The Morgan fingerprint density at radius 2 is 1.88 bits per heavy atom. The lowest BCUT2D eigenvalue weighted by Gasteiger charge is -2.06. The van der Waals surface area contributed by atoms with Crippen LogP contribution in [0.5, 0.6) is 0 Å². The second-order valence-corrected chi connectivity index (χ2v) is 6.98. The van der Waals surface area contributed by atoms with Gasteiger partial charge in [0.25, 0.3) is 0 Å². The van der Waals surface area contributed by atoms with Gasteiger partial charge in [-0.1, -0.05) is 29.8 Å². The molecular formula is C18H14ClN5S. The Labute approximate surface area is 153 Å². The summed E-state index contributed by atoms with van der Waals surface area (Å²) < 4.78 is 0.964. The molecule has 25 heavy (non-hydrogen) atoms. The molecule has 7 heteroatoms. The van der Waals surface area contributed by atoms with E-state index in [1.54, 1.807) is 17.5 Å². The van der Waals surface area contributed by atoms with Gasteiger partial charge in [0.15, 0.2) is 5.82 Å². The van der Waals surface area contributed by atoms with Gasteiger partial charge in [0, 0.05) is 23.5 Å². The maximum absolute atomic E-state index is 6.31. The van der Waals surface area contributed by atoms with Crippen molar-refractivity contribution in [2.45, 2.75) is 13.8 Å². The highest BCUT2D eigenvalue weighted by Crippen LogP contribution is 2.37. The minimum absolute atomic E-state index is 0.686. The van der Waals surface area contributed by atoms with Crippen molar-refractivity contribution in [3.63, 3.8) is 0 Å². The number of nitrogens with zero attached hydrogens (tertiary/aromatic N) is 4. The Bertz CT molecular complexity index is 1060. The normalized spacial score (nSPS) is 11.0. The molecule has 0 amide bonds. The fraction of sp³-hybridized carbons (Fsp3) is 0.111. The van der Waals surface area contributed by atoms with Crippen LogP contribution in [0, 0.1) is 13.8 Å². The highest BCUT2D eigenvalue weighted by atomic mass is 35.5. The molecule has 3 aromatic heterocycles. The number of anilines is 2. The van der Waals surface area contributed by atoms with Crippen LogP contribution in [-0.4, -0.2) is 19.9 Å². The molecule has 3 heterocycles. The van der Waals surface area contributed by atoms with Gasteiger partial charge in [-0.2, -0.15) is 0 Å². The van der Waals surface area contributed by atoms with Crippen LogP contribution in [-0.2, 0) is 0 Å². The maximum atomic E-state index is 6.31. The molecule has 1 N–H and O–H groups in total. The van der Waals surface area contributed by atoms with Crippen LogP contribution in [0.2, 0.25) is 5.02 Å². The van der Waals surface area contributed by atoms with Gasteiger partial charge >= 0.3 is 0 Å². The fourth-order valence-corrected chi connectivity index (χ4v) is 3.92. The van der Waals surface area contributed by atoms with Crippen molar-refractivity contribution in [3.8, 4) is 10.6 Å². The van der Waals surface area contributed by atoms with E-state index < -0.39 is 0 Å². The molecular weight excluding hydrogens is 354 g/mol. The first-order valence-electron chi connectivity index (χ1n) is 7.70. The number of benzene rings is 1. The van der Waals surface area contributed by atoms with Gasteiger partial charge in [-0.15, -0.1) is 11.3 Å². The van der Waals surface area contributed by atoms with Crippen molar-refractivity contribution in [1.82, 2.24) is 19.9 Å². The number of halogens is 1. The summed E-state index contributed by atoms with van der Waals surface area (Å²) in [7, 11) is 0. The zero-order valence-corrected chi connectivity index (χ0v) is 15.2. The number of thiazole rings is 1. The van der Waals surface area contributed by atoms with E-state index in [1.165, 1.54) is 0 Å². The van der Waals surface area contributed by atoms with E-state index in [9.17, 15) is 0 Å². The van der Waals surface area contributed by atoms with Crippen molar-refractivity contribution in [2.24, 2.45) is 0 Å². The SMILES string of the molecule is Cc1cc(Nc2nccc3nc(-c4ccccc4Cl)sc23)nc(C)n1. The largest absolute Gasteiger partial charge is 0.324 e. The van der Waals surface area contributed by atoms with Gasteiger partial charge in [-0.3, -0.25) is 0 Å². The van der Waals surface area contributed by atoms with Crippen LogP contribution in [0.3, 0.4) is 0 Å². The number of pyridine rings is 1. The summed E-state index contributed by atoms with van der Waals surface area (Å²) in [6, 6.07) is 11.5. The molecule has 0 spiro atoms. The second-order valence-electron chi connectivity index (χ2n) is 5.57. The summed E-state index contributed by atoms with van der Waals surface area (Å²) >= 11 is 7.86. The third-order valence-electron chi connectivity index (χ3n) is 3.62. The second kappa shape index (κ2) is 6.38. The topological polar surface area (TPSA) is 63.6 Å². The van der Waals surface area contributed by atoms with E-state index in [0.29, 0.717) is 5.02 Å². The van der Waals surface area contributed by atoms with Crippen LogP contribution in [0.25, 0.3) is 20.8 Å². The van der Waals surface area contributed by atoms with Gasteiger partial charge in [-0.05, 0) is 26.0 Å². The standard InChI is InChI=1S/C18H14ClN5S/c1-10-9-15(22-11(2)21-10)24-17-16-14(7-8-20-17)23-18(25-16)12-5-3-4-6-13(12)19/h3-9H,1-2H3,(H,20,21,22,24). The van der Waals surface area contributed by atoms with Gasteiger partial charge in [0.1, 0.15) is 16.6 Å².